The third kappa shape index (κ3) is 2.24. The summed E-state index contributed by atoms with van der Waals surface area (Å²) in [7, 11) is -4.51. The van der Waals surface area contributed by atoms with Crippen LogP contribution in [0.4, 0.5) is 8.78 Å². The van der Waals surface area contributed by atoms with Crippen molar-refractivity contribution in [2.45, 2.75) is 5.76 Å². The third-order valence-corrected chi connectivity index (χ3v) is 3.35. The average Bonchev–Trinajstić information content (AvgIpc) is 1.67. The number of rotatable bonds is 2. The second-order valence-electron chi connectivity index (χ2n) is 0.850. The molecule has 0 aliphatic rings. The fourth-order valence-corrected chi connectivity index (χ4v) is 0.845. The van der Waals surface area contributed by atoms with Crippen LogP contribution >= 0.6 is 0 Å². The molecule has 0 bridgehead atoms. The Labute approximate surface area is 59.2 Å². The maximum absolute atomic E-state index is 11.1. The Balaban J connectivity index is 4.17. The van der Waals surface area contributed by atoms with Crippen LogP contribution in [0.2, 0.25) is 0 Å². The van der Waals surface area contributed by atoms with Crippen molar-refractivity contribution >= 4 is 33.6 Å². The fraction of sp³-hybridized carbons (Fsp3) is 1.00. The van der Waals surface area contributed by atoms with Gasteiger partial charge in [0.1, 0.15) is 0 Å². The van der Waals surface area contributed by atoms with E-state index < -0.39 is 15.9 Å². The Hall–Kier alpha value is 0.588. The van der Waals surface area contributed by atoms with Crippen LogP contribution in [-0.2, 0) is 12.6 Å². The molecular weight excluding hydrogens is 252 g/mol. The van der Waals surface area contributed by atoms with E-state index in [1.165, 1.54) is 0 Å². The zero-order valence-electron chi connectivity index (χ0n) is 3.54. The molecule has 0 aromatic carbocycles. The van der Waals surface area contributed by atoms with Crippen molar-refractivity contribution in [1.82, 2.24) is 0 Å². The van der Waals surface area contributed by atoms with Gasteiger partial charge in [0, 0.05) is 0 Å². The van der Waals surface area contributed by atoms with E-state index in [-0.39, 0.29) is 23.4 Å². The van der Waals surface area contributed by atoms with Crippen LogP contribution < -0.4 is 0 Å². The summed E-state index contributed by atoms with van der Waals surface area (Å²) in [5, 5.41) is 0. The van der Waals surface area contributed by atoms with Gasteiger partial charge in [-0.2, -0.15) is 0 Å². The molecule has 0 N–H and O–H groups in total. The van der Waals surface area contributed by atoms with E-state index >= 15 is 0 Å². The standard InChI is InChI=1S/CH2F2O3S.Sb.2H/c2-1(3)7(4,5)6;;;/h1H,(H,4,5,6);;;/q;+1;;/p-1. The minimum absolute atomic E-state index is 0.165. The van der Waals surface area contributed by atoms with Gasteiger partial charge >= 0.3 is 59.0 Å². The van der Waals surface area contributed by atoms with Crippen molar-refractivity contribution in [3.05, 3.63) is 0 Å². The van der Waals surface area contributed by atoms with Gasteiger partial charge in [0.2, 0.25) is 0 Å². The number of halogens is 2. The van der Waals surface area contributed by atoms with Gasteiger partial charge in [0.05, 0.1) is 0 Å². The molecule has 0 aromatic rings. The monoisotopic (exact) mass is 254 g/mol. The van der Waals surface area contributed by atoms with Gasteiger partial charge in [-0.1, -0.05) is 0 Å². The predicted molar refractivity (Wildman–Crippen MR) is 24.6 cm³/mol. The third-order valence-electron chi connectivity index (χ3n) is 0.352. The zero-order valence-corrected chi connectivity index (χ0v) is 7.66. The second kappa shape index (κ2) is 2.94. The normalized spacial score (nSPS) is 12.5. The van der Waals surface area contributed by atoms with Crippen LogP contribution in [0.1, 0.15) is 0 Å². The Morgan fingerprint density at radius 1 is 1.50 bits per heavy atom. The van der Waals surface area contributed by atoms with Crippen molar-refractivity contribution in [3.8, 4) is 0 Å². The summed E-state index contributed by atoms with van der Waals surface area (Å²) < 4.78 is 45.3. The summed E-state index contributed by atoms with van der Waals surface area (Å²) in [6.07, 6.45) is 0. The van der Waals surface area contributed by atoms with Crippen molar-refractivity contribution in [2.24, 2.45) is 0 Å². The molecule has 0 aliphatic heterocycles. The first kappa shape index (κ1) is 8.59. The molecule has 0 unspecified atom stereocenters. The molecule has 0 spiro atoms. The van der Waals surface area contributed by atoms with Crippen molar-refractivity contribution in [1.29, 1.82) is 0 Å². The summed E-state index contributed by atoms with van der Waals surface area (Å²) in [4.78, 5) is 0. The molecule has 0 amide bonds. The van der Waals surface area contributed by atoms with Gasteiger partial charge in [-0.15, -0.1) is 0 Å². The van der Waals surface area contributed by atoms with Gasteiger partial charge < -0.3 is 0 Å². The van der Waals surface area contributed by atoms with E-state index in [4.69, 9.17) is 0 Å². The first-order chi connectivity index (χ1) is 3.50. The topological polar surface area (TPSA) is 43.4 Å². The fourth-order valence-electron chi connectivity index (χ4n) is 0.0420. The van der Waals surface area contributed by atoms with Gasteiger partial charge in [-0.05, 0) is 0 Å². The van der Waals surface area contributed by atoms with Gasteiger partial charge in [-0.3, -0.25) is 0 Å². The minimum atomic E-state index is -4.51. The van der Waals surface area contributed by atoms with Gasteiger partial charge in [-0.25, -0.2) is 0 Å². The quantitative estimate of drug-likeness (QED) is 0.601. The summed E-state index contributed by atoms with van der Waals surface area (Å²) in [5.41, 5.74) is 0. The molecule has 7 heteroatoms. The molecule has 0 rings (SSSR count). The van der Waals surface area contributed by atoms with E-state index in [2.05, 4.69) is 2.46 Å². The van der Waals surface area contributed by atoms with Gasteiger partial charge in [0.25, 0.3) is 0 Å². The molecule has 0 saturated heterocycles. The summed E-state index contributed by atoms with van der Waals surface area (Å²) in [6.45, 7) is 0. The van der Waals surface area contributed by atoms with Crippen molar-refractivity contribution in [2.75, 3.05) is 0 Å². The molecule has 8 heavy (non-hydrogen) atoms. The Bertz CT molecular complexity index is 151. The van der Waals surface area contributed by atoms with Crippen LogP contribution in [0.25, 0.3) is 0 Å². The molecule has 0 aromatic heterocycles. The van der Waals surface area contributed by atoms with Crippen LogP contribution in [0.5, 0.6) is 0 Å². The zero-order chi connectivity index (χ0) is 6.78. The Morgan fingerprint density at radius 3 is 1.88 bits per heavy atom. The maximum atomic E-state index is 11.1. The van der Waals surface area contributed by atoms with E-state index in [0.29, 0.717) is 0 Å². The molecule has 0 saturated carbocycles. The SMILES string of the molecule is O=S(=O)([O][SbH2])C(F)F. The number of hydrogen-bond donors (Lipinski definition) is 0. The molecule has 50 valence electrons. The number of hydrogen-bond acceptors (Lipinski definition) is 3. The first-order valence-corrected chi connectivity index (χ1v) is 4.22. The average molecular weight is 255 g/mol. The molecular formula is CH3F2O3SSb. The van der Waals surface area contributed by atoms with Crippen molar-refractivity contribution in [3.63, 3.8) is 0 Å². The van der Waals surface area contributed by atoms with Crippen molar-refractivity contribution < 1.29 is 19.7 Å². The summed E-state index contributed by atoms with van der Waals surface area (Å²) >= 11 is -0.165. The van der Waals surface area contributed by atoms with E-state index in [1.807, 2.05) is 0 Å². The number of alkyl halides is 2. The van der Waals surface area contributed by atoms with Crippen LogP contribution in [-0.4, -0.2) is 37.6 Å². The predicted octanol–water partition coefficient (Wildman–Crippen LogP) is -0.897. The van der Waals surface area contributed by atoms with E-state index in [1.54, 1.807) is 0 Å². The molecule has 0 aliphatic carbocycles. The molecule has 0 atom stereocenters. The van der Waals surface area contributed by atoms with Crippen LogP contribution in [0, 0.1) is 0 Å². The van der Waals surface area contributed by atoms with Crippen LogP contribution in [0.3, 0.4) is 0 Å². The first-order valence-electron chi connectivity index (χ1n) is 1.41. The molecule has 0 heterocycles. The second-order valence-corrected chi connectivity index (χ2v) is 4.03. The molecule has 3 nitrogen and oxygen atoms in total. The molecule has 0 radical (unpaired) electrons. The van der Waals surface area contributed by atoms with Gasteiger partial charge in [0.15, 0.2) is 0 Å². The Kier molecular flexibility index (Phi) is 3.15. The summed E-state index contributed by atoms with van der Waals surface area (Å²) in [6, 6.07) is 0. The summed E-state index contributed by atoms with van der Waals surface area (Å²) in [5.74, 6) is -3.40. The van der Waals surface area contributed by atoms with Crippen LogP contribution in [0.15, 0.2) is 0 Å². The molecule has 0 fully saturated rings. The van der Waals surface area contributed by atoms with E-state index in [9.17, 15) is 17.2 Å². The Morgan fingerprint density at radius 2 is 1.88 bits per heavy atom. The van der Waals surface area contributed by atoms with E-state index in [0.717, 1.165) is 0 Å².